The zero-order chi connectivity index (χ0) is 20.1. The molecule has 5 heteroatoms. The fourth-order valence-corrected chi connectivity index (χ4v) is 19.8. The zero-order valence-corrected chi connectivity index (χ0v) is 20.6. The summed E-state index contributed by atoms with van der Waals surface area (Å²) in [6, 6.07) is 0. The van der Waals surface area contributed by atoms with E-state index in [4.69, 9.17) is 19.8 Å². The van der Waals surface area contributed by atoms with E-state index < -0.39 is 30.3 Å². The summed E-state index contributed by atoms with van der Waals surface area (Å²) in [5, 5.41) is 14.8. The van der Waals surface area contributed by atoms with Gasteiger partial charge in [0.25, 0.3) is 11.9 Å². The average molecular weight is 467 g/mol. The van der Waals surface area contributed by atoms with Crippen LogP contribution in [0.15, 0.2) is 0 Å². The van der Waals surface area contributed by atoms with Gasteiger partial charge in [0, 0.05) is 13.8 Å². The van der Waals surface area contributed by atoms with Crippen molar-refractivity contribution in [3.63, 3.8) is 0 Å². The minimum atomic E-state index is -1.69. The normalized spacial score (nSPS) is 10.2. The van der Waals surface area contributed by atoms with Gasteiger partial charge in [-0.1, -0.05) is 0 Å². The molecule has 0 aromatic rings. The summed E-state index contributed by atoms with van der Waals surface area (Å²) in [7, 11) is 0. The van der Waals surface area contributed by atoms with Crippen molar-refractivity contribution in [1.29, 1.82) is 0 Å². The van der Waals surface area contributed by atoms with Crippen LogP contribution in [0.5, 0.6) is 0 Å². The molecule has 25 heavy (non-hydrogen) atoms. The third kappa shape index (κ3) is 28.8. The number of rotatable bonds is 12. The van der Waals surface area contributed by atoms with Crippen molar-refractivity contribution < 1.29 is 19.8 Å². The molecular formula is C20H44O4Sn. The summed E-state index contributed by atoms with van der Waals surface area (Å²) >= 11 is -1.69. The molecule has 0 aromatic carbocycles. The van der Waals surface area contributed by atoms with Crippen LogP contribution in [0.4, 0.5) is 0 Å². The molecule has 2 N–H and O–H groups in total. The molecule has 0 unspecified atom stereocenters. The number of carboxylic acids is 2. The van der Waals surface area contributed by atoms with E-state index in [1.54, 1.807) is 17.7 Å². The molecular weight excluding hydrogens is 423 g/mol. The Morgan fingerprint density at radius 3 is 0.880 bits per heavy atom. The summed E-state index contributed by atoms with van der Waals surface area (Å²) in [5.41, 5.74) is 0. The van der Waals surface area contributed by atoms with Gasteiger partial charge in [-0.15, -0.1) is 0 Å². The quantitative estimate of drug-likeness (QED) is 0.309. The van der Waals surface area contributed by atoms with Gasteiger partial charge >= 0.3 is 115 Å². The first kappa shape index (κ1) is 29.5. The summed E-state index contributed by atoms with van der Waals surface area (Å²) in [6.07, 6.45) is 11.8. The van der Waals surface area contributed by atoms with Gasteiger partial charge < -0.3 is 10.2 Å². The molecule has 0 bridgehead atoms. The minimum absolute atomic E-state index is 0.833. The number of carbonyl (C=O) groups is 2. The summed E-state index contributed by atoms with van der Waals surface area (Å²) in [5.74, 6) is -1.67. The van der Waals surface area contributed by atoms with Crippen LogP contribution in [0.1, 0.15) is 92.9 Å². The molecule has 0 aromatic heterocycles. The molecule has 0 heterocycles. The van der Waals surface area contributed by atoms with Gasteiger partial charge in [0.1, 0.15) is 0 Å². The Hall–Kier alpha value is -0.261. The van der Waals surface area contributed by atoms with E-state index in [0.29, 0.717) is 0 Å². The Bertz CT molecular complexity index is 249. The first-order valence-corrected chi connectivity index (χ1v) is 18.2. The van der Waals surface area contributed by atoms with Gasteiger partial charge in [-0.05, 0) is 0 Å². The molecule has 0 aliphatic rings. The Balaban J connectivity index is -0.000000503. The first-order chi connectivity index (χ1) is 11.7. The van der Waals surface area contributed by atoms with Gasteiger partial charge in [-0.3, -0.25) is 9.59 Å². The Morgan fingerprint density at radius 1 is 0.600 bits per heavy atom. The maximum absolute atomic E-state index is 9.00. The van der Waals surface area contributed by atoms with Crippen molar-refractivity contribution in [2.24, 2.45) is 0 Å². The van der Waals surface area contributed by atoms with E-state index in [9.17, 15) is 0 Å². The Labute approximate surface area is 160 Å². The van der Waals surface area contributed by atoms with Crippen molar-refractivity contribution in [2.45, 2.75) is 111 Å². The van der Waals surface area contributed by atoms with E-state index in [0.717, 1.165) is 13.8 Å². The van der Waals surface area contributed by atoms with Crippen LogP contribution in [0.2, 0.25) is 17.7 Å². The van der Waals surface area contributed by atoms with Gasteiger partial charge in [0.2, 0.25) is 0 Å². The maximum atomic E-state index is 9.00. The van der Waals surface area contributed by atoms with Gasteiger partial charge in [0.15, 0.2) is 0 Å². The van der Waals surface area contributed by atoms with Crippen molar-refractivity contribution >= 4 is 30.3 Å². The van der Waals surface area contributed by atoms with Crippen LogP contribution in [-0.2, 0) is 9.59 Å². The van der Waals surface area contributed by atoms with Crippen LogP contribution in [0, 0.1) is 0 Å². The number of aliphatic carboxylic acids is 2. The van der Waals surface area contributed by atoms with Crippen LogP contribution in [-0.4, -0.2) is 40.5 Å². The van der Waals surface area contributed by atoms with E-state index >= 15 is 0 Å². The van der Waals surface area contributed by atoms with Crippen LogP contribution in [0.3, 0.4) is 0 Å². The molecule has 0 saturated heterocycles. The number of unbranched alkanes of at least 4 members (excludes halogenated alkanes) is 4. The summed E-state index contributed by atoms with van der Waals surface area (Å²) in [4.78, 5) is 18.0. The van der Waals surface area contributed by atoms with E-state index in [-0.39, 0.29) is 0 Å². The van der Waals surface area contributed by atoms with Crippen LogP contribution < -0.4 is 0 Å². The molecule has 0 fully saturated rings. The molecule has 0 atom stereocenters. The van der Waals surface area contributed by atoms with E-state index in [1.165, 1.54) is 51.4 Å². The number of hydrogen-bond acceptors (Lipinski definition) is 2. The molecule has 0 radical (unpaired) electrons. The number of hydrogen-bond donors (Lipinski definition) is 2. The average Bonchev–Trinajstić information content (AvgIpc) is 2.52. The van der Waals surface area contributed by atoms with E-state index in [2.05, 4.69) is 27.7 Å². The predicted octanol–water partition coefficient (Wildman–Crippen LogP) is 6.82. The molecule has 4 nitrogen and oxygen atoms in total. The molecule has 152 valence electrons. The predicted molar refractivity (Wildman–Crippen MR) is 111 cm³/mol. The topological polar surface area (TPSA) is 74.6 Å². The Morgan fingerprint density at radius 2 is 0.760 bits per heavy atom. The zero-order valence-electron chi connectivity index (χ0n) is 17.7. The second-order valence-electron chi connectivity index (χ2n) is 6.95. The van der Waals surface area contributed by atoms with Gasteiger partial charge in [-0.25, -0.2) is 0 Å². The van der Waals surface area contributed by atoms with Crippen molar-refractivity contribution in [1.82, 2.24) is 0 Å². The molecule has 0 aliphatic carbocycles. The fourth-order valence-electron chi connectivity index (χ4n) is 2.96. The van der Waals surface area contributed by atoms with E-state index in [1.807, 2.05) is 0 Å². The fraction of sp³-hybridized carbons (Fsp3) is 0.900. The van der Waals surface area contributed by atoms with Crippen molar-refractivity contribution in [2.75, 3.05) is 0 Å². The number of carboxylic acid groups (broad SMARTS) is 2. The van der Waals surface area contributed by atoms with Crippen LogP contribution >= 0.6 is 0 Å². The molecule has 0 rings (SSSR count). The van der Waals surface area contributed by atoms with Crippen molar-refractivity contribution in [3.05, 3.63) is 0 Å². The second kappa shape index (κ2) is 21.8. The molecule has 0 saturated carbocycles. The second-order valence-corrected chi connectivity index (χ2v) is 21.2. The monoisotopic (exact) mass is 468 g/mol. The third-order valence-corrected chi connectivity index (χ3v) is 20.4. The van der Waals surface area contributed by atoms with Gasteiger partial charge in [0.05, 0.1) is 0 Å². The summed E-state index contributed by atoms with van der Waals surface area (Å²) < 4.78 is 6.80. The SMILES string of the molecule is CC(=O)O.CC(=O)O.CCC[CH2][Sn]([CH2]CCC)([CH2]CCC)[CH2]CCC. The standard InChI is InChI=1S/4C4H9.2C2H4O2.Sn/c4*1-3-4-2;2*1-2(3)4;/h4*1,3-4H2,2H3;2*1H3,(H,3,4);. The third-order valence-electron chi connectivity index (χ3n) is 4.24. The Kier molecular flexibility index (Phi) is 25.7. The first-order valence-electron chi connectivity index (χ1n) is 10.1. The van der Waals surface area contributed by atoms with Crippen molar-refractivity contribution in [3.8, 4) is 0 Å². The molecule has 0 aliphatic heterocycles. The van der Waals surface area contributed by atoms with Gasteiger partial charge in [-0.2, -0.15) is 0 Å². The molecule has 0 amide bonds. The molecule has 0 spiro atoms. The summed E-state index contributed by atoms with van der Waals surface area (Å²) in [6.45, 7) is 11.7. The van der Waals surface area contributed by atoms with Crippen LogP contribution in [0.25, 0.3) is 0 Å².